The maximum Gasteiger partial charge on any atom is 0.341 e. The van der Waals surface area contributed by atoms with Crippen LogP contribution in [0.15, 0.2) is 35.4 Å². The molecule has 8 heteroatoms. The fourth-order valence-corrected chi connectivity index (χ4v) is 4.21. The van der Waals surface area contributed by atoms with Crippen molar-refractivity contribution in [3.63, 3.8) is 0 Å². The third-order valence-electron chi connectivity index (χ3n) is 4.96. The van der Waals surface area contributed by atoms with E-state index in [9.17, 15) is 14.7 Å². The van der Waals surface area contributed by atoms with Gasteiger partial charge in [-0.2, -0.15) is 0 Å². The molecule has 3 heterocycles. The van der Waals surface area contributed by atoms with Gasteiger partial charge in [0.05, 0.1) is 12.3 Å². The van der Waals surface area contributed by atoms with Crippen molar-refractivity contribution in [1.29, 1.82) is 0 Å². The van der Waals surface area contributed by atoms with E-state index in [0.717, 1.165) is 29.0 Å². The number of unbranched alkanes of at least 4 members (excludes halogenated alkanes) is 1. The van der Waals surface area contributed by atoms with E-state index in [1.165, 1.54) is 23.6 Å². The number of nitrogens with zero attached hydrogens (tertiary/aromatic N) is 2. The molecular formula is C22H22N2O5S. The van der Waals surface area contributed by atoms with E-state index in [1.54, 1.807) is 10.8 Å². The Labute approximate surface area is 177 Å². The summed E-state index contributed by atoms with van der Waals surface area (Å²) in [5, 5.41) is 10.1. The molecule has 30 heavy (non-hydrogen) atoms. The number of pyridine rings is 1. The Balaban J connectivity index is 1.88. The maximum absolute atomic E-state index is 12.4. The SMILES string of the molecule is CCCCOc1cc2c(cc1C)-c1cc(=O)c(C(=O)O)cn1C(c1ncc(C)s1)O2. The predicted molar refractivity (Wildman–Crippen MR) is 114 cm³/mol. The molecule has 7 nitrogen and oxygen atoms in total. The van der Waals surface area contributed by atoms with Crippen LogP contribution in [0, 0.1) is 13.8 Å². The van der Waals surface area contributed by atoms with Crippen LogP contribution in [-0.2, 0) is 0 Å². The molecule has 0 radical (unpaired) electrons. The van der Waals surface area contributed by atoms with Gasteiger partial charge in [-0.1, -0.05) is 13.3 Å². The van der Waals surface area contributed by atoms with Crippen LogP contribution in [0.25, 0.3) is 11.3 Å². The number of hydrogen-bond donors (Lipinski definition) is 1. The lowest BCUT2D eigenvalue weighted by atomic mass is 10.0. The monoisotopic (exact) mass is 426 g/mol. The molecule has 1 atom stereocenters. The molecule has 3 aromatic rings. The molecule has 0 spiro atoms. The van der Waals surface area contributed by atoms with E-state index in [-0.39, 0.29) is 5.56 Å². The maximum atomic E-state index is 12.4. The summed E-state index contributed by atoms with van der Waals surface area (Å²) in [5.74, 6) is 0.0349. The van der Waals surface area contributed by atoms with Gasteiger partial charge in [-0.3, -0.25) is 4.79 Å². The first-order valence-electron chi connectivity index (χ1n) is 9.75. The number of carboxylic acids is 1. The average Bonchev–Trinajstić information content (AvgIpc) is 3.14. The molecule has 0 saturated heterocycles. The second-order valence-corrected chi connectivity index (χ2v) is 8.51. The van der Waals surface area contributed by atoms with Gasteiger partial charge in [-0.05, 0) is 31.9 Å². The van der Waals surface area contributed by atoms with Crippen molar-refractivity contribution >= 4 is 17.3 Å². The summed E-state index contributed by atoms with van der Waals surface area (Å²) in [4.78, 5) is 29.4. The minimum Gasteiger partial charge on any atom is -0.493 e. The summed E-state index contributed by atoms with van der Waals surface area (Å²) < 4.78 is 13.9. The van der Waals surface area contributed by atoms with Crippen molar-refractivity contribution in [2.45, 2.75) is 39.8 Å². The highest BCUT2D eigenvalue weighted by atomic mass is 32.1. The van der Waals surface area contributed by atoms with Crippen molar-refractivity contribution in [3.05, 3.63) is 61.8 Å². The molecule has 4 rings (SSSR count). The van der Waals surface area contributed by atoms with Crippen molar-refractivity contribution in [3.8, 4) is 22.8 Å². The number of thiazole rings is 1. The first kappa shape index (κ1) is 20.2. The molecule has 0 amide bonds. The smallest absolute Gasteiger partial charge is 0.341 e. The van der Waals surface area contributed by atoms with Gasteiger partial charge < -0.3 is 19.1 Å². The van der Waals surface area contributed by atoms with Gasteiger partial charge in [-0.25, -0.2) is 9.78 Å². The van der Waals surface area contributed by atoms with Gasteiger partial charge in [0, 0.05) is 35.0 Å². The number of carboxylic acid groups (broad SMARTS) is 1. The van der Waals surface area contributed by atoms with Gasteiger partial charge in [0.2, 0.25) is 6.23 Å². The Morgan fingerprint density at radius 3 is 2.80 bits per heavy atom. The lowest BCUT2D eigenvalue weighted by molar-refractivity contribution is 0.0693. The van der Waals surface area contributed by atoms with E-state index in [4.69, 9.17) is 9.47 Å². The first-order chi connectivity index (χ1) is 14.4. The molecular weight excluding hydrogens is 404 g/mol. The summed E-state index contributed by atoms with van der Waals surface area (Å²) in [6, 6.07) is 5.11. The highest BCUT2D eigenvalue weighted by molar-refractivity contribution is 7.11. The molecule has 0 fully saturated rings. The molecule has 1 unspecified atom stereocenters. The van der Waals surface area contributed by atoms with Gasteiger partial charge in [0.25, 0.3) is 0 Å². The van der Waals surface area contributed by atoms with Gasteiger partial charge >= 0.3 is 5.97 Å². The van der Waals surface area contributed by atoms with Crippen molar-refractivity contribution in [2.75, 3.05) is 6.61 Å². The molecule has 1 N–H and O–H groups in total. The Kier molecular flexibility index (Phi) is 5.34. The Hall–Kier alpha value is -3.13. The zero-order chi connectivity index (χ0) is 21.4. The van der Waals surface area contributed by atoms with E-state index >= 15 is 0 Å². The molecule has 1 aliphatic rings. The van der Waals surface area contributed by atoms with Crippen LogP contribution < -0.4 is 14.9 Å². The molecule has 1 aliphatic heterocycles. The minimum absolute atomic E-state index is 0.305. The Morgan fingerprint density at radius 1 is 1.33 bits per heavy atom. The number of fused-ring (bicyclic) bond motifs is 3. The number of benzene rings is 1. The molecule has 0 saturated carbocycles. The fourth-order valence-electron chi connectivity index (χ4n) is 3.40. The van der Waals surface area contributed by atoms with Crippen molar-refractivity contribution < 1.29 is 19.4 Å². The van der Waals surface area contributed by atoms with Crippen LogP contribution in [-0.4, -0.2) is 27.2 Å². The first-order valence-corrected chi connectivity index (χ1v) is 10.6. The standard InChI is InChI=1S/C22H22N2O5S/c1-4-5-6-28-18-9-19-14(7-12(18)2)16-8-17(25)15(22(26)27)11-24(16)21(29-19)20-23-10-13(3)30-20/h7-11,21H,4-6H2,1-3H3,(H,26,27). The van der Waals surface area contributed by atoms with Crippen molar-refractivity contribution in [1.82, 2.24) is 9.55 Å². The summed E-state index contributed by atoms with van der Waals surface area (Å²) in [6.45, 7) is 6.60. The van der Waals surface area contributed by atoms with E-state index in [0.29, 0.717) is 28.6 Å². The highest BCUT2D eigenvalue weighted by Crippen LogP contribution is 2.43. The normalized spacial score (nSPS) is 14.6. The predicted octanol–water partition coefficient (Wildman–Crippen LogP) is 4.41. The molecule has 1 aromatic carbocycles. The van der Waals surface area contributed by atoms with Gasteiger partial charge in [0.1, 0.15) is 17.1 Å². The van der Waals surface area contributed by atoms with E-state index in [2.05, 4.69) is 11.9 Å². The third-order valence-corrected chi connectivity index (χ3v) is 5.90. The zero-order valence-electron chi connectivity index (χ0n) is 17.0. The molecule has 2 aromatic heterocycles. The number of aromatic carboxylic acids is 1. The summed E-state index contributed by atoms with van der Waals surface area (Å²) in [7, 11) is 0. The molecule has 0 bridgehead atoms. The number of ether oxygens (including phenoxy) is 2. The van der Waals surface area contributed by atoms with Crippen LogP contribution in [0.3, 0.4) is 0 Å². The van der Waals surface area contributed by atoms with Crippen LogP contribution >= 0.6 is 11.3 Å². The third kappa shape index (κ3) is 3.59. The number of carbonyl (C=O) groups is 1. The lowest BCUT2D eigenvalue weighted by Gasteiger charge is -2.30. The molecule has 156 valence electrons. The van der Waals surface area contributed by atoms with Gasteiger partial charge in [-0.15, -0.1) is 11.3 Å². The van der Waals surface area contributed by atoms with Gasteiger partial charge in [0.15, 0.2) is 10.4 Å². The van der Waals surface area contributed by atoms with E-state index in [1.807, 2.05) is 26.0 Å². The highest BCUT2D eigenvalue weighted by Gasteiger charge is 2.31. The summed E-state index contributed by atoms with van der Waals surface area (Å²) >= 11 is 1.46. The van der Waals surface area contributed by atoms with Crippen LogP contribution in [0.2, 0.25) is 0 Å². The Morgan fingerprint density at radius 2 is 2.13 bits per heavy atom. The largest absolute Gasteiger partial charge is 0.493 e. The lowest BCUT2D eigenvalue weighted by Crippen LogP contribution is -2.27. The number of hydrogen-bond acceptors (Lipinski definition) is 6. The Bertz CT molecular complexity index is 1180. The second-order valence-electron chi connectivity index (χ2n) is 7.24. The number of rotatable bonds is 6. The summed E-state index contributed by atoms with van der Waals surface area (Å²) in [6.07, 6.45) is 4.40. The van der Waals surface area contributed by atoms with Crippen molar-refractivity contribution in [2.24, 2.45) is 0 Å². The van der Waals surface area contributed by atoms with E-state index < -0.39 is 17.6 Å². The van der Waals surface area contributed by atoms with Crippen LogP contribution in [0.5, 0.6) is 11.5 Å². The quantitative estimate of drug-likeness (QED) is 0.588. The topological polar surface area (TPSA) is 90.7 Å². The fraction of sp³-hybridized carbons (Fsp3) is 0.318. The molecule has 0 aliphatic carbocycles. The number of aryl methyl sites for hydroxylation is 2. The number of aromatic nitrogens is 2. The zero-order valence-corrected chi connectivity index (χ0v) is 17.8. The summed E-state index contributed by atoms with van der Waals surface area (Å²) in [5.41, 5.74) is 1.37. The minimum atomic E-state index is -1.27. The van der Waals surface area contributed by atoms with Crippen LogP contribution in [0.1, 0.15) is 51.8 Å². The average molecular weight is 426 g/mol. The second kappa shape index (κ2) is 7.95. The van der Waals surface area contributed by atoms with Crippen LogP contribution in [0.4, 0.5) is 0 Å².